The number of hydrogen-bond acceptors (Lipinski definition) is 0. The second-order valence-electron chi connectivity index (χ2n) is 4.07. The molecule has 1 aliphatic rings. The minimum atomic E-state index is -0.430. The van der Waals surface area contributed by atoms with E-state index in [0.717, 1.165) is 12.7 Å². The van der Waals surface area contributed by atoms with Crippen molar-refractivity contribution < 1.29 is 4.32 Å². The van der Waals surface area contributed by atoms with Crippen molar-refractivity contribution in [3.8, 4) is 0 Å². The van der Waals surface area contributed by atoms with Crippen LogP contribution in [0.4, 0.5) is 4.32 Å². The van der Waals surface area contributed by atoms with E-state index in [2.05, 4.69) is 6.92 Å². The minimum Gasteiger partial charge on any atom is -0.336 e. The molecule has 1 aliphatic heterocycles. The lowest BCUT2D eigenvalue weighted by Crippen LogP contribution is -1.82. The van der Waals surface area contributed by atoms with Crippen molar-refractivity contribution in [2.24, 2.45) is 0 Å². The van der Waals surface area contributed by atoms with Crippen molar-refractivity contribution in [3.63, 3.8) is 0 Å². The quantitative estimate of drug-likeness (QED) is 0.398. The average molecular weight is 170 g/mol. The lowest BCUT2D eigenvalue weighted by molar-refractivity contribution is 0.591. The zero-order chi connectivity index (χ0) is 8.81. The SMILES string of the molecule is CCCCCCCCC1CB1F. The molecular formula is C10H20BF. The Bertz CT molecular complexity index is 116. The van der Waals surface area contributed by atoms with Crippen molar-refractivity contribution in [1.82, 2.24) is 0 Å². The molecule has 2 heteroatoms. The van der Waals surface area contributed by atoms with E-state index in [1.54, 1.807) is 0 Å². The van der Waals surface area contributed by atoms with Gasteiger partial charge in [-0.3, -0.25) is 0 Å². The van der Waals surface area contributed by atoms with Crippen molar-refractivity contribution in [2.45, 2.75) is 64.0 Å². The van der Waals surface area contributed by atoms with Crippen molar-refractivity contribution in [1.29, 1.82) is 0 Å². The first-order valence-electron chi connectivity index (χ1n) is 5.48. The summed E-state index contributed by atoms with van der Waals surface area (Å²) < 4.78 is 12.4. The van der Waals surface area contributed by atoms with Gasteiger partial charge in [-0.05, 0) is 12.1 Å². The molecule has 1 rings (SSSR count). The summed E-state index contributed by atoms with van der Waals surface area (Å²) >= 11 is 0. The molecule has 0 nitrogen and oxygen atoms in total. The van der Waals surface area contributed by atoms with E-state index in [1.807, 2.05) is 0 Å². The molecule has 0 aromatic heterocycles. The van der Waals surface area contributed by atoms with Gasteiger partial charge in [0.1, 0.15) is 0 Å². The maximum atomic E-state index is 12.4. The fraction of sp³-hybridized carbons (Fsp3) is 1.00. The second-order valence-corrected chi connectivity index (χ2v) is 4.07. The molecule has 0 aliphatic carbocycles. The van der Waals surface area contributed by atoms with Gasteiger partial charge in [-0.1, -0.05) is 51.9 Å². The van der Waals surface area contributed by atoms with Crippen LogP contribution >= 0.6 is 0 Å². The fourth-order valence-corrected chi connectivity index (χ4v) is 1.70. The molecule has 0 N–H and O–H groups in total. The third-order valence-corrected chi connectivity index (χ3v) is 2.76. The van der Waals surface area contributed by atoms with Gasteiger partial charge >= 0.3 is 6.99 Å². The van der Waals surface area contributed by atoms with E-state index in [4.69, 9.17) is 0 Å². The maximum Gasteiger partial charge on any atom is 0.350 e. The molecule has 1 fully saturated rings. The Labute approximate surface area is 76.1 Å². The first kappa shape index (κ1) is 10.1. The highest BCUT2D eigenvalue weighted by Gasteiger charge is 2.42. The van der Waals surface area contributed by atoms with Crippen LogP contribution in [0, 0.1) is 0 Å². The Morgan fingerprint density at radius 3 is 2.33 bits per heavy atom. The molecular weight excluding hydrogens is 150 g/mol. The highest BCUT2D eigenvalue weighted by atomic mass is 19.1. The summed E-state index contributed by atoms with van der Waals surface area (Å²) in [5.41, 5.74) is 0. The summed E-state index contributed by atoms with van der Waals surface area (Å²) in [6.07, 6.45) is 10.0. The lowest BCUT2D eigenvalue weighted by Gasteiger charge is -1.98. The van der Waals surface area contributed by atoms with Gasteiger partial charge in [0.15, 0.2) is 0 Å². The van der Waals surface area contributed by atoms with Gasteiger partial charge in [0.25, 0.3) is 0 Å². The van der Waals surface area contributed by atoms with Crippen LogP contribution in [-0.4, -0.2) is 6.99 Å². The van der Waals surface area contributed by atoms with Gasteiger partial charge < -0.3 is 4.32 Å². The van der Waals surface area contributed by atoms with E-state index in [-0.39, 0.29) is 0 Å². The van der Waals surface area contributed by atoms with Gasteiger partial charge in [0.2, 0.25) is 0 Å². The Morgan fingerprint density at radius 1 is 1.17 bits per heavy atom. The van der Waals surface area contributed by atoms with Gasteiger partial charge in [0, 0.05) is 0 Å². The molecule has 1 unspecified atom stereocenters. The van der Waals surface area contributed by atoms with Gasteiger partial charge in [-0.15, -0.1) is 0 Å². The Balaban J connectivity index is 1.72. The normalized spacial score (nSPS) is 21.5. The van der Waals surface area contributed by atoms with Crippen molar-refractivity contribution in [2.75, 3.05) is 0 Å². The highest BCUT2D eigenvalue weighted by molar-refractivity contribution is 6.64. The summed E-state index contributed by atoms with van der Waals surface area (Å²) in [5.74, 6) is 0.455. The summed E-state index contributed by atoms with van der Waals surface area (Å²) in [5, 5.41) is 0. The molecule has 0 amide bonds. The number of rotatable bonds is 7. The van der Waals surface area contributed by atoms with E-state index in [0.29, 0.717) is 5.82 Å². The Hall–Kier alpha value is -0.00506. The molecule has 1 heterocycles. The predicted molar refractivity (Wildman–Crippen MR) is 53.4 cm³/mol. The van der Waals surface area contributed by atoms with Crippen LogP contribution in [0.5, 0.6) is 0 Å². The molecule has 12 heavy (non-hydrogen) atoms. The minimum absolute atomic E-state index is 0.430. The van der Waals surface area contributed by atoms with Crippen LogP contribution < -0.4 is 0 Å². The standard InChI is InChI=1S/C10H20BF/c1-2-3-4-5-6-7-8-10-9-11(10)12/h10H,2-9H2,1H3. The number of unbranched alkanes of at least 4 members (excludes halogenated alkanes) is 5. The fourth-order valence-electron chi connectivity index (χ4n) is 1.70. The van der Waals surface area contributed by atoms with E-state index in [1.165, 1.54) is 38.5 Å². The molecule has 0 aromatic carbocycles. The Morgan fingerprint density at radius 2 is 1.75 bits per heavy atom. The van der Waals surface area contributed by atoms with Crippen LogP contribution in [0.1, 0.15) is 51.9 Å². The monoisotopic (exact) mass is 170 g/mol. The van der Waals surface area contributed by atoms with Crippen LogP contribution in [0.15, 0.2) is 0 Å². The second kappa shape index (κ2) is 5.61. The predicted octanol–water partition coefficient (Wildman–Crippen LogP) is 4.08. The summed E-state index contributed by atoms with van der Waals surface area (Å²) in [6, 6.07) is 0. The summed E-state index contributed by atoms with van der Waals surface area (Å²) in [6.45, 7) is 1.80. The molecule has 0 bridgehead atoms. The topological polar surface area (TPSA) is 0 Å². The number of halogens is 1. The summed E-state index contributed by atoms with van der Waals surface area (Å²) in [4.78, 5) is 0. The van der Waals surface area contributed by atoms with Gasteiger partial charge in [0.05, 0.1) is 0 Å². The van der Waals surface area contributed by atoms with Gasteiger partial charge in [-0.2, -0.15) is 0 Å². The third kappa shape index (κ3) is 4.13. The molecule has 0 spiro atoms. The smallest absolute Gasteiger partial charge is 0.336 e. The van der Waals surface area contributed by atoms with Crippen LogP contribution in [0.2, 0.25) is 12.1 Å². The van der Waals surface area contributed by atoms with Crippen LogP contribution in [-0.2, 0) is 0 Å². The van der Waals surface area contributed by atoms with E-state index >= 15 is 0 Å². The highest BCUT2D eigenvalue weighted by Crippen LogP contribution is 2.42. The van der Waals surface area contributed by atoms with Gasteiger partial charge in [-0.25, -0.2) is 0 Å². The molecule has 1 atom stereocenters. The van der Waals surface area contributed by atoms with Crippen molar-refractivity contribution >= 4 is 6.99 Å². The summed E-state index contributed by atoms with van der Waals surface area (Å²) in [7, 11) is 0. The molecule has 0 radical (unpaired) electrons. The zero-order valence-electron chi connectivity index (χ0n) is 8.19. The largest absolute Gasteiger partial charge is 0.350 e. The van der Waals surface area contributed by atoms with Crippen molar-refractivity contribution in [3.05, 3.63) is 0 Å². The third-order valence-electron chi connectivity index (χ3n) is 2.76. The molecule has 1 saturated heterocycles. The maximum absolute atomic E-state index is 12.4. The van der Waals surface area contributed by atoms with Crippen LogP contribution in [0.3, 0.4) is 0 Å². The van der Waals surface area contributed by atoms with E-state index < -0.39 is 6.99 Å². The zero-order valence-corrected chi connectivity index (χ0v) is 8.19. The number of hydrogen-bond donors (Lipinski definition) is 0. The first-order valence-corrected chi connectivity index (χ1v) is 5.48. The average Bonchev–Trinajstić information content (AvgIpc) is 2.74. The lowest BCUT2D eigenvalue weighted by atomic mass is 9.92. The van der Waals surface area contributed by atoms with E-state index in [9.17, 15) is 4.32 Å². The molecule has 0 saturated carbocycles. The van der Waals surface area contributed by atoms with Crippen LogP contribution in [0.25, 0.3) is 0 Å². The first-order chi connectivity index (χ1) is 5.84. The molecule has 70 valence electrons. The molecule has 0 aromatic rings. The Kier molecular flexibility index (Phi) is 4.71.